The molecule has 0 N–H and O–H groups in total. The minimum atomic E-state index is 0.0983. The molecule has 2 aromatic rings. The molecule has 0 aromatic heterocycles. The maximum atomic E-state index is 12.2. The number of benzene rings is 2. The van der Waals surface area contributed by atoms with Gasteiger partial charge in [-0.2, -0.15) is 0 Å². The van der Waals surface area contributed by atoms with E-state index in [-0.39, 0.29) is 5.92 Å². The smallest absolute Gasteiger partial charge is 0.140 e. The van der Waals surface area contributed by atoms with E-state index in [0.717, 1.165) is 36.1 Å². The normalized spacial score (nSPS) is 21.6. The second-order valence-corrected chi connectivity index (χ2v) is 6.26. The number of carbonyl (C=O) groups excluding carboxylic acids is 1. The second kappa shape index (κ2) is 6.35. The van der Waals surface area contributed by atoms with Crippen LogP contribution in [-0.4, -0.2) is 12.9 Å². The van der Waals surface area contributed by atoms with E-state index in [1.165, 1.54) is 5.56 Å². The van der Waals surface area contributed by atoms with E-state index in [0.29, 0.717) is 11.7 Å². The summed E-state index contributed by atoms with van der Waals surface area (Å²) in [6.07, 6.45) is 2.86. The Balaban J connectivity index is 1.78. The lowest BCUT2D eigenvalue weighted by Crippen LogP contribution is -2.21. The quantitative estimate of drug-likeness (QED) is 0.810. The van der Waals surface area contributed by atoms with E-state index >= 15 is 0 Å². The van der Waals surface area contributed by atoms with Gasteiger partial charge in [0.25, 0.3) is 0 Å². The number of rotatable bonds is 3. The molecule has 0 bridgehead atoms. The summed E-state index contributed by atoms with van der Waals surface area (Å²) in [5, 5.41) is 0. The summed E-state index contributed by atoms with van der Waals surface area (Å²) >= 11 is 0. The largest absolute Gasteiger partial charge is 0.497 e. The fraction of sp³-hybridized carbons (Fsp3) is 0.350. The Bertz CT molecular complexity index is 640. The average molecular weight is 294 g/mol. The topological polar surface area (TPSA) is 26.3 Å². The standard InChI is InChI=1S/C20H22O2/c1-14-3-12-19(20(21)13-14)17-6-4-15(5-7-17)16-8-10-18(22-2)11-9-16/h4-11,14,19H,3,12-13H2,1-2H3/t14-,19+/m1/s1. The molecule has 2 aromatic carbocycles. The van der Waals surface area contributed by atoms with Crippen molar-refractivity contribution in [1.82, 2.24) is 0 Å². The van der Waals surface area contributed by atoms with E-state index in [9.17, 15) is 4.79 Å². The first-order valence-electron chi connectivity index (χ1n) is 7.94. The molecule has 1 aliphatic rings. The minimum absolute atomic E-state index is 0.0983. The summed E-state index contributed by atoms with van der Waals surface area (Å²) in [6.45, 7) is 2.17. The molecule has 0 amide bonds. The molecule has 22 heavy (non-hydrogen) atoms. The third kappa shape index (κ3) is 3.06. The van der Waals surface area contributed by atoms with E-state index in [2.05, 4.69) is 43.3 Å². The van der Waals surface area contributed by atoms with Gasteiger partial charge in [-0.3, -0.25) is 4.79 Å². The molecule has 3 rings (SSSR count). The number of hydrogen-bond acceptors (Lipinski definition) is 2. The van der Waals surface area contributed by atoms with Gasteiger partial charge in [0, 0.05) is 12.3 Å². The van der Waals surface area contributed by atoms with Gasteiger partial charge in [-0.15, -0.1) is 0 Å². The van der Waals surface area contributed by atoms with Gasteiger partial charge in [0.2, 0.25) is 0 Å². The highest BCUT2D eigenvalue weighted by Gasteiger charge is 2.27. The molecule has 0 saturated heterocycles. The van der Waals surface area contributed by atoms with Crippen molar-refractivity contribution in [2.75, 3.05) is 7.11 Å². The van der Waals surface area contributed by atoms with Crippen molar-refractivity contribution in [2.24, 2.45) is 5.92 Å². The predicted molar refractivity (Wildman–Crippen MR) is 89.2 cm³/mol. The van der Waals surface area contributed by atoms with E-state index in [1.807, 2.05) is 12.1 Å². The fourth-order valence-corrected chi connectivity index (χ4v) is 3.24. The molecule has 2 atom stereocenters. The second-order valence-electron chi connectivity index (χ2n) is 6.26. The van der Waals surface area contributed by atoms with Crippen molar-refractivity contribution < 1.29 is 9.53 Å². The zero-order valence-corrected chi connectivity index (χ0v) is 13.2. The van der Waals surface area contributed by atoms with Gasteiger partial charge < -0.3 is 4.74 Å². The first-order valence-corrected chi connectivity index (χ1v) is 7.94. The molecule has 2 heteroatoms. The Hall–Kier alpha value is -2.09. The molecule has 0 spiro atoms. The number of ketones is 1. The summed E-state index contributed by atoms with van der Waals surface area (Å²) in [5.41, 5.74) is 3.49. The SMILES string of the molecule is COc1ccc(-c2ccc([C@@H]3CC[C@@H](C)CC3=O)cc2)cc1. The Morgan fingerprint density at radius 1 is 0.909 bits per heavy atom. The van der Waals surface area contributed by atoms with Gasteiger partial charge >= 0.3 is 0 Å². The lowest BCUT2D eigenvalue weighted by Gasteiger charge is -2.25. The maximum Gasteiger partial charge on any atom is 0.140 e. The van der Waals surface area contributed by atoms with Crippen molar-refractivity contribution in [3.05, 3.63) is 54.1 Å². The van der Waals surface area contributed by atoms with Crippen LogP contribution in [0.1, 0.15) is 37.7 Å². The van der Waals surface area contributed by atoms with Crippen molar-refractivity contribution in [2.45, 2.75) is 32.1 Å². The first kappa shape index (κ1) is 14.8. The van der Waals surface area contributed by atoms with E-state index < -0.39 is 0 Å². The summed E-state index contributed by atoms with van der Waals surface area (Å²) in [7, 11) is 1.67. The molecule has 1 aliphatic carbocycles. The number of hydrogen-bond donors (Lipinski definition) is 0. The van der Waals surface area contributed by atoms with Crippen molar-refractivity contribution in [3.63, 3.8) is 0 Å². The number of carbonyl (C=O) groups is 1. The number of Topliss-reactive ketones (excluding diaryl/α,β-unsaturated/α-hetero) is 1. The van der Waals surface area contributed by atoms with Crippen molar-refractivity contribution >= 4 is 5.78 Å². The molecule has 2 nitrogen and oxygen atoms in total. The average Bonchev–Trinajstić information content (AvgIpc) is 2.55. The zero-order valence-electron chi connectivity index (χ0n) is 13.2. The summed E-state index contributed by atoms with van der Waals surface area (Å²) in [5.74, 6) is 1.90. The molecule has 0 heterocycles. The monoisotopic (exact) mass is 294 g/mol. The van der Waals surface area contributed by atoms with Gasteiger partial charge in [0.1, 0.15) is 11.5 Å². The fourth-order valence-electron chi connectivity index (χ4n) is 3.24. The zero-order chi connectivity index (χ0) is 15.5. The molecule has 0 aliphatic heterocycles. The van der Waals surface area contributed by atoms with Gasteiger partial charge in [-0.05, 0) is 47.6 Å². The highest BCUT2D eigenvalue weighted by Crippen LogP contribution is 2.34. The van der Waals surface area contributed by atoms with Crippen LogP contribution in [0.2, 0.25) is 0 Å². The van der Waals surface area contributed by atoms with Gasteiger partial charge in [0.05, 0.1) is 7.11 Å². The maximum absolute atomic E-state index is 12.2. The van der Waals surface area contributed by atoms with E-state index in [4.69, 9.17) is 4.74 Å². The highest BCUT2D eigenvalue weighted by molar-refractivity contribution is 5.86. The van der Waals surface area contributed by atoms with Gasteiger partial charge in [-0.1, -0.05) is 43.3 Å². The van der Waals surface area contributed by atoms with E-state index in [1.54, 1.807) is 7.11 Å². The molecule has 114 valence electrons. The Morgan fingerprint density at radius 3 is 2.05 bits per heavy atom. The van der Waals surface area contributed by atoms with Gasteiger partial charge in [0.15, 0.2) is 0 Å². The molecule has 0 radical (unpaired) electrons. The Morgan fingerprint density at radius 2 is 1.50 bits per heavy atom. The molecular formula is C20H22O2. The molecule has 1 saturated carbocycles. The first-order chi connectivity index (χ1) is 10.7. The molecular weight excluding hydrogens is 272 g/mol. The minimum Gasteiger partial charge on any atom is -0.497 e. The van der Waals surface area contributed by atoms with Crippen molar-refractivity contribution in [3.8, 4) is 16.9 Å². The van der Waals surface area contributed by atoms with Crippen LogP contribution in [0.4, 0.5) is 0 Å². The molecule has 0 unspecified atom stereocenters. The third-order valence-electron chi connectivity index (χ3n) is 4.62. The summed E-state index contributed by atoms with van der Waals surface area (Å²) in [4.78, 5) is 12.2. The van der Waals surface area contributed by atoms with Crippen LogP contribution in [0.5, 0.6) is 5.75 Å². The lowest BCUT2D eigenvalue weighted by atomic mass is 9.78. The third-order valence-corrected chi connectivity index (χ3v) is 4.62. The van der Waals surface area contributed by atoms with Crippen molar-refractivity contribution in [1.29, 1.82) is 0 Å². The lowest BCUT2D eigenvalue weighted by molar-refractivity contribution is -0.123. The van der Waals surface area contributed by atoms with Crippen LogP contribution in [0.3, 0.4) is 0 Å². The summed E-state index contributed by atoms with van der Waals surface area (Å²) in [6, 6.07) is 16.5. The Kier molecular flexibility index (Phi) is 4.28. The Labute approximate surface area is 132 Å². The highest BCUT2D eigenvalue weighted by atomic mass is 16.5. The van der Waals surface area contributed by atoms with Crippen LogP contribution in [0.25, 0.3) is 11.1 Å². The summed E-state index contributed by atoms with van der Waals surface area (Å²) < 4.78 is 5.19. The van der Waals surface area contributed by atoms with Crippen LogP contribution in [0, 0.1) is 5.92 Å². The van der Waals surface area contributed by atoms with Gasteiger partial charge in [-0.25, -0.2) is 0 Å². The number of ether oxygens (including phenoxy) is 1. The predicted octanol–water partition coefficient (Wildman–Crippen LogP) is 4.83. The van der Waals surface area contributed by atoms with Crippen LogP contribution >= 0.6 is 0 Å². The molecule has 1 fully saturated rings. The van der Waals surface area contributed by atoms with Crippen LogP contribution in [0.15, 0.2) is 48.5 Å². The van der Waals surface area contributed by atoms with Crippen LogP contribution < -0.4 is 4.74 Å². The van der Waals surface area contributed by atoms with Crippen LogP contribution in [-0.2, 0) is 4.79 Å². The number of methoxy groups -OCH3 is 1.